The van der Waals surface area contributed by atoms with Crippen LogP contribution in [0.2, 0.25) is 5.02 Å². The quantitative estimate of drug-likeness (QED) is 0.416. The molecule has 1 aromatic heterocycles. The van der Waals surface area contributed by atoms with Gasteiger partial charge in [-0.2, -0.15) is 0 Å². The third kappa shape index (κ3) is 5.10. The molecule has 3 aromatic carbocycles. The van der Waals surface area contributed by atoms with Crippen LogP contribution in [0.25, 0.3) is 11.0 Å². The van der Waals surface area contributed by atoms with E-state index < -0.39 is 0 Å². The fourth-order valence-electron chi connectivity index (χ4n) is 3.87. The van der Waals surface area contributed by atoms with E-state index in [1.165, 1.54) is 0 Å². The SMILES string of the molecule is O=C(Nc1noc2ccccc12)N1CCN(Cc2cccc(Oc3ccc(Cl)cc3)c2)CC1. The highest BCUT2D eigenvalue weighted by Gasteiger charge is 2.22. The highest BCUT2D eigenvalue weighted by atomic mass is 35.5. The Kier molecular flexibility index (Phi) is 6.15. The summed E-state index contributed by atoms with van der Waals surface area (Å²) in [6, 6.07) is 22.7. The molecule has 8 heteroatoms. The van der Waals surface area contributed by atoms with E-state index in [9.17, 15) is 4.79 Å². The molecule has 33 heavy (non-hydrogen) atoms. The number of carbonyl (C=O) groups is 1. The van der Waals surface area contributed by atoms with Crippen LogP contribution in [-0.2, 0) is 6.54 Å². The molecule has 5 rings (SSSR count). The second-order valence-corrected chi connectivity index (χ2v) is 8.36. The number of urea groups is 1. The summed E-state index contributed by atoms with van der Waals surface area (Å²) in [4.78, 5) is 16.8. The number of rotatable bonds is 5. The minimum absolute atomic E-state index is 0.160. The van der Waals surface area contributed by atoms with Gasteiger partial charge in [-0.05, 0) is 54.1 Å². The van der Waals surface area contributed by atoms with Crippen molar-refractivity contribution in [1.82, 2.24) is 15.0 Å². The van der Waals surface area contributed by atoms with Crippen molar-refractivity contribution >= 4 is 34.4 Å². The Hall–Kier alpha value is -3.55. The molecule has 7 nitrogen and oxygen atoms in total. The second kappa shape index (κ2) is 9.52. The normalized spacial score (nSPS) is 14.4. The molecule has 1 fully saturated rings. The number of carbonyl (C=O) groups excluding carboxylic acids is 1. The van der Waals surface area contributed by atoms with E-state index in [1.807, 2.05) is 66.7 Å². The van der Waals surface area contributed by atoms with Crippen molar-refractivity contribution in [2.24, 2.45) is 0 Å². The van der Waals surface area contributed by atoms with Gasteiger partial charge >= 0.3 is 6.03 Å². The lowest BCUT2D eigenvalue weighted by molar-refractivity contribution is 0.143. The lowest BCUT2D eigenvalue weighted by atomic mass is 10.2. The Labute approximate surface area is 196 Å². The van der Waals surface area contributed by atoms with E-state index in [-0.39, 0.29) is 6.03 Å². The second-order valence-electron chi connectivity index (χ2n) is 7.92. The maximum absolute atomic E-state index is 12.7. The van der Waals surface area contributed by atoms with Crippen LogP contribution < -0.4 is 10.1 Å². The maximum atomic E-state index is 12.7. The van der Waals surface area contributed by atoms with E-state index in [1.54, 1.807) is 4.90 Å². The lowest BCUT2D eigenvalue weighted by Crippen LogP contribution is -2.49. The summed E-state index contributed by atoms with van der Waals surface area (Å²) in [7, 11) is 0. The first-order valence-electron chi connectivity index (χ1n) is 10.8. The molecular formula is C25H23ClN4O3. The van der Waals surface area contributed by atoms with Gasteiger partial charge in [0.2, 0.25) is 0 Å². The molecule has 0 aliphatic carbocycles. The lowest BCUT2D eigenvalue weighted by Gasteiger charge is -2.34. The zero-order valence-electron chi connectivity index (χ0n) is 17.9. The van der Waals surface area contributed by atoms with Crippen LogP contribution in [0, 0.1) is 0 Å². The van der Waals surface area contributed by atoms with E-state index in [4.69, 9.17) is 20.9 Å². The minimum atomic E-state index is -0.160. The zero-order valence-corrected chi connectivity index (χ0v) is 18.7. The van der Waals surface area contributed by atoms with Gasteiger partial charge in [-0.1, -0.05) is 41.0 Å². The number of hydrogen-bond acceptors (Lipinski definition) is 5. The number of nitrogens with one attached hydrogen (secondary N) is 1. The Morgan fingerprint density at radius 2 is 1.76 bits per heavy atom. The molecule has 0 bridgehead atoms. The zero-order chi connectivity index (χ0) is 22.6. The molecule has 168 valence electrons. The molecule has 1 saturated heterocycles. The Bertz CT molecular complexity index is 1250. The number of anilines is 1. The van der Waals surface area contributed by atoms with Crippen LogP contribution in [-0.4, -0.2) is 47.2 Å². The number of piperazine rings is 1. The number of ether oxygens (including phenoxy) is 1. The van der Waals surface area contributed by atoms with Crippen LogP contribution in [0.15, 0.2) is 77.3 Å². The van der Waals surface area contributed by atoms with Gasteiger partial charge in [-0.25, -0.2) is 4.79 Å². The summed E-state index contributed by atoms with van der Waals surface area (Å²) >= 11 is 5.94. The first-order valence-corrected chi connectivity index (χ1v) is 11.2. The smallest absolute Gasteiger partial charge is 0.323 e. The third-order valence-electron chi connectivity index (χ3n) is 5.62. The average molecular weight is 463 g/mol. The van der Waals surface area contributed by atoms with Crippen molar-refractivity contribution in [3.05, 3.63) is 83.4 Å². The van der Waals surface area contributed by atoms with Crippen LogP contribution in [0.1, 0.15) is 5.56 Å². The molecule has 1 aliphatic heterocycles. The molecule has 2 heterocycles. The van der Waals surface area contributed by atoms with Crippen molar-refractivity contribution in [3.8, 4) is 11.5 Å². The Morgan fingerprint density at radius 1 is 0.970 bits per heavy atom. The fraction of sp³-hybridized carbons (Fsp3) is 0.200. The molecular weight excluding hydrogens is 440 g/mol. The van der Waals surface area contributed by atoms with Crippen LogP contribution in [0.4, 0.5) is 10.6 Å². The number of fused-ring (bicyclic) bond motifs is 1. The Morgan fingerprint density at radius 3 is 2.58 bits per heavy atom. The number of halogens is 1. The number of amides is 2. The fourth-order valence-corrected chi connectivity index (χ4v) is 4.00. The molecule has 0 atom stereocenters. The third-order valence-corrected chi connectivity index (χ3v) is 5.87. The van der Waals surface area contributed by atoms with Crippen LogP contribution in [0.5, 0.6) is 11.5 Å². The first kappa shape index (κ1) is 21.3. The first-order chi connectivity index (χ1) is 16.1. The van der Waals surface area contributed by atoms with Gasteiger partial charge in [-0.15, -0.1) is 0 Å². The Balaban J connectivity index is 1.14. The van der Waals surface area contributed by atoms with E-state index in [0.717, 1.165) is 42.1 Å². The van der Waals surface area contributed by atoms with Crippen LogP contribution >= 0.6 is 11.6 Å². The van der Waals surface area contributed by atoms with Crippen molar-refractivity contribution in [2.75, 3.05) is 31.5 Å². The molecule has 0 saturated carbocycles. The summed E-state index contributed by atoms with van der Waals surface area (Å²) in [5.41, 5.74) is 1.81. The van der Waals surface area contributed by atoms with Crippen LogP contribution in [0.3, 0.4) is 0 Å². The topological polar surface area (TPSA) is 70.8 Å². The maximum Gasteiger partial charge on any atom is 0.323 e. The standard InChI is InChI=1S/C25H23ClN4O3/c26-19-8-10-20(11-9-19)32-21-5-3-4-18(16-21)17-29-12-14-30(15-13-29)25(31)27-24-22-6-1-2-7-23(22)33-28-24/h1-11,16H,12-15,17H2,(H,27,28,31). The van der Waals surface area contributed by atoms with Gasteiger partial charge in [0, 0.05) is 37.7 Å². The minimum Gasteiger partial charge on any atom is -0.457 e. The number of benzene rings is 3. The van der Waals surface area contributed by atoms with Gasteiger partial charge in [0.1, 0.15) is 11.5 Å². The number of para-hydroxylation sites is 1. The van der Waals surface area contributed by atoms with Crippen molar-refractivity contribution in [3.63, 3.8) is 0 Å². The highest BCUT2D eigenvalue weighted by molar-refractivity contribution is 6.30. The number of nitrogens with zero attached hydrogens (tertiary/aromatic N) is 3. The van der Waals surface area contributed by atoms with E-state index >= 15 is 0 Å². The predicted molar refractivity (Wildman–Crippen MR) is 128 cm³/mol. The van der Waals surface area contributed by atoms with E-state index in [2.05, 4.69) is 21.4 Å². The molecule has 2 amide bonds. The molecule has 0 unspecified atom stereocenters. The van der Waals surface area contributed by atoms with Crippen molar-refractivity contribution in [1.29, 1.82) is 0 Å². The number of aromatic nitrogens is 1. The molecule has 0 spiro atoms. The van der Waals surface area contributed by atoms with E-state index in [0.29, 0.717) is 29.5 Å². The summed E-state index contributed by atoms with van der Waals surface area (Å²) in [6.07, 6.45) is 0. The number of hydrogen-bond donors (Lipinski definition) is 1. The van der Waals surface area contributed by atoms with Crippen molar-refractivity contribution < 1.29 is 14.1 Å². The predicted octanol–water partition coefficient (Wildman–Crippen LogP) is 5.62. The van der Waals surface area contributed by atoms with Gasteiger partial charge in [0.15, 0.2) is 11.4 Å². The van der Waals surface area contributed by atoms with Gasteiger partial charge in [-0.3, -0.25) is 10.2 Å². The molecule has 4 aromatic rings. The van der Waals surface area contributed by atoms with Gasteiger partial charge < -0.3 is 14.2 Å². The molecule has 0 radical (unpaired) electrons. The summed E-state index contributed by atoms with van der Waals surface area (Å²) in [5.74, 6) is 1.99. The van der Waals surface area contributed by atoms with Crippen molar-refractivity contribution in [2.45, 2.75) is 6.54 Å². The summed E-state index contributed by atoms with van der Waals surface area (Å²) in [5, 5.41) is 8.33. The summed E-state index contributed by atoms with van der Waals surface area (Å²) in [6.45, 7) is 3.65. The molecule has 1 aliphatic rings. The highest BCUT2D eigenvalue weighted by Crippen LogP contribution is 2.25. The molecule has 1 N–H and O–H groups in total. The van der Waals surface area contributed by atoms with Gasteiger partial charge in [0.25, 0.3) is 0 Å². The largest absolute Gasteiger partial charge is 0.457 e. The average Bonchev–Trinajstić information content (AvgIpc) is 3.24. The summed E-state index contributed by atoms with van der Waals surface area (Å²) < 4.78 is 11.2. The van der Waals surface area contributed by atoms with Gasteiger partial charge in [0.05, 0.1) is 5.39 Å². The monoisotopic (exact) mass is 462 g/mol.